The van der Waals surface area contributed by atoms with E-state index in [2.05, 4.69) is 0 Å². The highest BCUT2D eigenvalue weighted by molar-refractivity contribution is 5.36. The van der Waals surface area contributed by atoms with Crippen molar-refractivity contribution in [3.05, 3.63) is 59.7 Å². The molecule has 0 aliphatic rings. The van der Waals surface area contributed by atoms with Gasteiger partial charge in [0.25, 0.3) is 0 Å². The summed E-state index contributed by atoms with van der Waals surface area (Å²) in [6.07, 6.45) is -0.0863. The molecule has 2 aromatic carbocycles. The molecule has 0 saturated heterocycles. The van der Waals surface area contributed by atoms with Crippen LogP contribution in [0.25, 0.3) is 0 Å². The van der Waals surface area contributed by atoms with Crippen molar-refractivity contribution in [1.82, 2.24) is 0 Å². The summed E-state index contributed by atoms with van der Waals surface area (Å²) in [4.78, 5) is 0. The fraction of sp³-hybridized carbons (Fsp3) is 0.250. The number of hydrogen-bond donors (Lipinski definition) is 0. The SMILES string of the molecule is COc1ccc(C(OC)c2ccc(OC)cc2)cc1. The number of ether oxygens (including phenoxy) is 3. The first-order valence-electron chi connectivity index (χ1n) is 6.09. The first-order chi connectivity index (χ1) is 9.28. The third-order valence-corrected chi connectivity index (χ3v) is 3.07. The molecule has 100 valence electrons. The fourth-order valence-electron chi connectivity index (χ4n) is 2.02. The largest absolute Gasteiger partial charge is 0.497 e. The van der Waals surface area contributed by atoms with Crippen LogP contribution in [0.15, 0.2) is 48.5 Å². The molecule has 0 aliphatic heterocycles. The zero-order chi connectivity index (χ0) is 13.7. The van der Waals surface area contributed by atoms with Crippen molar-refractivity contribution in [3.63, 3.8) is 0 Å². The number of methoxy groups -OCH3 is 3. The lowest BCUT2D eigenvalue weighted by Gasteiger charge is -2.17. The molecule has 0 spiro atoms. The summed E-state index contributed by atoms with van der Waals surface area (Å²) in [7, 11) is 5.03. The van der Waals surface area contributed by atoms with Gasteiger partial charge in [-0.25, -0.2) is 0 Å². The van der Waals surface area contributed by atoms with Crippen LogP contribution in [0.5, 0.6) is 11.5 Å². The molecular formula is C16H18O3. The number of hydrogen-bond acceptors (Lipinski definition) is 3. The summed E-state index contributed by atoms with van der Waals surface area (Å²) < 4.78 is 15.9. The van der Waals surface area contributed by atoms with Crippen LogP contribution in [0, 0.1) is 0 Å². The average Bonchev–Trinajstić information content (AvgIpc) is 2.49. The lowest BCUT2D eigenvalue weighted by Crippen LogP contribution is -2.03. The highest BCUT2D eigenvalue weighted by atomic mass is 16.5. The third kappa shape index (κ3) is 3.06. The first-order valence-corrected chi connectivity index (χ1v) is 6.09. The Morgan fingerprint density at radius 3 is 1.26 bits per heavy atom. The maximum absolute atomic E-state index is 5.59. The van der Waals surface area contributed by atoms with Gasteiger partial charge >= 0.3 is 0 Å². The Bertz CT molecular complexity index is 455. The van der Waals surface area contributed by atoms with Crippen molar-refractivity contribution in [2.75, 3.05) is 21.3 Å². The second-order valence-corrected chi connectivity index (χ2v) is 4.16. The lowest BCUT2D eigenvalue weighted by molar-refractivity contribution is 0.136. The second-order valence-electron chi connectivity index (χ2n) is 4.16. The maximum Gasteiger partial charge on any atom is 0.118 e. The molecule has 3 nitrogen and oxygen atoms in total. The molecule has 0 radical (unpaired) electrons. The van der Waals surface area contributed by atoms with Crippen molar-refractivity contribution in [3.8, 4) is 11.5 Å². The highest BCUT2D eigenvalue weighted by Crippen LogP contribution is 2.28. The Balaban J connectivity index is 2.26. The molecule has 0 heterocycles. The van der Waals surface area contributed by atoms with Crippen molar-refractivity contribution in [2.24, 2.45) is 0 Å². The van der Waals surface area contributed by atoms with E-state index in [1.54, 1.807) is 21.3 Å². The summed E-state index contributed by atoms with van der Waals surface area (Å²) in [5, 5.41) is 0. The molecule has 0 amide bonds. The Labute approximate surface area is 113 Å². The quantitative estimate of drug-likeness (QED) is 0.822. The minimum Gasteiger partial charge on any atom is -0.497 e. The summed E-state index contributed by atoms with van der Waals surface area (Å²) >= 11 is 0. The number of benzene rings is 2. The van der Waals surface area contributed by atoms with E-state index in [9.17, 15) is 0 Å². The van der Waals surface area contributed by atoms with Gasteiger partial charge in [0.05, 0.1) is 14.2 Å². The van der Waals surface area contributed by atoms with Crippen molar-refractivity contribution < 1.29 is 14.2 Å². The van der Waals surface area contributed by atoms with Crippen LogP contribution in [0.4, 0.5) is 0 Å². The van der Waals surface area contributed by atoms with Crippen LogP contribution in [-0.2, 0) is 4.74 Å². The molecule has 0 unspecified atom stereocenters. The van der Waals surface area contributed by atoms with Crippen molar-refractivity contribution in [2.45, 2.75) is 6.10 Å². The number of rotatable bonds is 5. The molecule has 0 saturated carbocycles. The van der Waals surface area contributed by atoms with Crippen LogP contribution in [0.1, 0.15) is 17.2 Å². The highest BCUT2D eigenvalue weighted by Gasteiger charge is 2.13. The predicted octanol–water partition coefficient (Wildman–Crippen LogP) is 3.44. The van der Waals surface area contributed by atoms with Gasteiger partial charge in [0.2, 0.25) is 0 Å². The van der Waals surface area contributed by atoms with Crippen LogP contribution in [0.2, 0.25) is 0 Å². The van der Waals surface area contributed by atoms with Crippen LogP contribution in [-0.4, -0.2) is 21.3 Å². The fourth-order valence-corrected chi connectivity index (χ4v) is 2.02. The van der Waals surface area contributed by atoms with Gasteiger partial charge in [0.1, 0.15) is 17.6 Å². The van der Waals surface area contributed by atoms with E-state index in [1.807, 2.05) is 48.5 Å². The van der Waals surface area contributed by atoms with Gasteiger partial charge < -0.3 is 14.2 Å². The standard InChI is InChI=1S/C16H18O3/c1-17-14-8-4-12(5-9-14)16(19-3)13-6-10-15(18-2)11-7-13/h4-11,16H,1-3H3. The van der Waals surface area contributed by atoms with Gasteiger partial charge in [-0.05, 0) is 35.4 Å². The Hall–Kier alpha value is -2.00. The monoisotopic (exact) mass is 258 g/mol. The zero-order valence-electron chi connectivity index (χ0n) is 11.4. The average molecular weight is 258 g/mol. The minimum atomic E-state index is -0.0863. The molecule has 0 bridgehead atoms. The van der Waals surface area contributed by atoms with Gasteiger partial charge in [-0.15, -0.1) is 0 Å². The Morgan fingerprint density at radius 1 is 0.632 bits per heavy atom. The molecule has 3 heteroatoms. The summed E-state index contributed by atoms with van der Waals surface area (Å²) in [5.74, 6) is 1.68. The molecule has 0 atom stereocenters. The van der Waals surface area contributed by atoms with E-state index < -0.39 is 0 Å². The summed E-state index contributed by atoms with van der Waals surface area (Å²) in [5.41, 5.74) is 2.18. The maximum atomic E-state index is 5.59. The smallest absolute Gasteiger partial charge is 0.118 e. The molecule has 2 aromatic rings. The normalized spacial score (nSPS) is 10.5. The second kappa shape index (κ2) is 6.25. The molecule has 2 rings (SSSR count). The minimum absolute atomic E-state index is 0.0863. The summed E-state index contributed by atoms with van der Waals surface area (Å²) in [6.45, 7) is 0. The third-order valence-electron chi connectivity index (χ3n) is 3.07. The lowest BCUT2D eigenvalue weighted by atomic mass is 10.0. The zero-order valence-corrected chi connectivity index (χ0v) is 11.4. The van der Waals surface area contributed by atoms with E-state index in [4.69, 9.17) is 14.2 Å². The van der Waals surface area contributed by atoms with Gasteiger partial charge in [0.15, 0.2) is 0 Å². The van der Waals surface area contributed by atoms with E-state index in [1.165, 1.54) is 0 Å². The van der Waals surface area contributed by atoms with E-state index in [0.29, 0.717) is 0 Å². The molecule has 0 aromatic heterocycles. The Morgan fingerprint density at radius 2 is 1.00 bits per heavy atom. The molecule has 19 heavy (non-hydrogen) atoms. The van der Waals surface area contributed by atoms with Crippen LogP contribution < -0.4 is 9.47 Å². The topological polar surface area (TPSA) is 27.7 Å². The predicted molar refractivity (Wildman–Crippen MR) is 74.8 cm³/mol. The van der Waals surface area contributed by atoms with Crippen molar-refractivity contribution in [1.29, 1.82) is 0 Å². The van der Waals surface area contributed by atoms with Gasteiger partial charge in [-0.1, -0.05) is 24.3 Å². The first kappa shape index (κ1) is 13.4. The van der Waals surface area contributed by atoms with E-state index in [0.717, 1.165) is 22.6 Å². The van der Waals surface area contributed by atoms with Crippen LogP contribution in [0.3, 0.4) is 0 Å². The molecule has 0 N–H and O–H groups in total. The Kier molecular flexibility index (Phi) is 4.42. The van der Waals surface area contributed by atoms with Gasteiger partial charge in [0, 0.05) is 7.11 Å². The molecular weight excluding hydrogens is 240 g/mol. The van der Waals surface area contributed by atoms with Gasteiger partial charge in [-0.3, -0.25) is 0 Å². The molecule has 0 fully saturated rings. The van der Waals surface area contributed by atoms with Crippen molar-refractivity contribution >= 4 is 0 Å². The van der Waals surface area contributed by atoms with E-state index in [-0.39, 0.29) is 6.10 Å². The van der Waals surface area contributed by atoms with Crippen LogP contribution >= 0.6 is 0 Å². The summed E-state index contributed by atoms with van der Waals surface area (Å²) in [6, 6.07) is 15.8. The van der Waals surface area contributed by atoms with Gasteiger partial charge in [-0.2, -0.15) is 0 Å². The van der Waals surface area contributed by atoms with E-state index >= 15 is 0 Å². The molecule has 0 aliphatic carbocycles.